The quantitative estimate of drug-likeness (QED) is 0.790. The Morgan fingerprint density at radius 2 is 2.06 bits per heavy atom. The van der Waals surface area contributed by atoms with Crippen molar-refractivity contribution >= 4 is 11.9 Å². The largest absolute Gasteiger partial charge is 0.478 e. The van der Waals surface area contributed by atoms with E-state index in [1.807, 2.05) is 19.0 Å². The molecule has 1 aromatic heterocycles. The van der Waals surface area contributed by atoms with Crippen molar-refractivity contribution in [3.8, 4) is 0 Å². The van der Waals surface area contributed by atoms with Gasteiger partial charge < -0.3 is 15.3 Å². The maximum atomic E-state index is 11.7. The summed E-state index contributed by atoms with van der Waals surface area (Å²) in [6.45, 7) is 2.82. The van der Waals surface area contributed by atoms with E-state index < -0.39 is 5.97 Å². The lowest BCUT2D eigenvalue weighted by Gasteiger charge is -2.10. The number of carbonyl (C=O) groups is 2. The van der Waals surface area contributed by atoms with Gasteiger partial charge in [0.25, 0.3) is 5.91 Å². The second-order valence-corrected chi connectivity index (χ2v) is 4.19. The summed E-state index contributed by atoms with van der Waals surface area (Å²) in [6, 6.07) is 2.81. The van der Waals surface area contributed by atoms with Crippen LogP contribution in [0.3, 0.4) is 0 Å². The van der Waals surface area contributed by atoms with Crippen LogP contribution in [0.15, 0.2) is 12.1 Å². The normalized spacial score (nSPS) is 10.4. The number of pyridine rings is 1. The van der Waals surface area contributed by atoms with Crippen LogP contribution in [0.1, 0.15) is 26.5 Å². The van der Waals surface area contributed by atoms with E-state index in [9.17, 15) is 9.59 Å². The molecule has 1 aromatic rings. The van der Waals surface area contributed by atoms with Gasteiger partial charge in [-0.15, -0.1) is 0 Å². The summed E-state index contributed by atoms with van der Waals surface area (Å²) in [6.07, 6.45) is 0. The molecule has 0 bridgehead atoms. The SMILES string of the molecule is Cc1nc(C(=O)NCCN(C)C)ccc1C(=O)O. The first kappa shape index (κ1) is 14.1. The van der Waals surface area contributed by atoms with Crippen LogP contribution < -0.4 is 5.32 Å². The number of hydrogen-bond acceptors (Lipinski definition) is 4. The van der Waals surface area contributed by atoms with Gasteiger partial charge >= 0.3 is 5.97 Å². The minimum absolute atomic E-state index is 0.111. The predicted molar refractivity (Wildman–Crippen MR) is 66.8 cm³/mol. The van der Waals surface area contributed by atoms with Crippen LogP contribution >= 0.6 is 0 Å². The average molecular weight is 251 g/mol. The van der Waals surface area contributed by atoms with Crippen LogP contribution in [0.2, 0.25) is 0 Å². The van der Waals surface area contributed by atoms with Crippen LogP contribution in [-0.2, 0) is 0 Å². The van der Waals surface area contributed by atoms with Crippen LogP contribution in [0.5, 0.6) is 0 Å². The highest BCUT2D eigenvalue weighted by molar-refractivity contribution is 5.94. The maximum Gasteiger partial charge on any atom is 0.337 e. The third-order valence-corrected chi connectivity index (χ3v) is 2.39. The standard InChI is InChI=1S/C12H17N3O3/c1-8-9(12(17)18)4-5-10(14-8)11(16)13-6-7-15(2)3/h4-5H,6-7H2,1-3H3,(H,13,16)(H,17,18). The van der Waals surface area contributed by atoms with E-state index in [1.54, 1.807) is 6.92 Å². The molecule has 0 spiro atoms. The average Bonchev–Trinajstić information content (AvgIpc) is 2.27. The zero-order valence-electron chi connectivity index (χ0n) is 10.7. The Kier molecular flexibility index (Phi) is 4.79. The van der Waals surface area contributed by atoms with Crippen molar-refractivity contribution in [3.05, 3.63) is 29.1 Å². The van der Waals surface area contributed by atoms with Crippen LogP contribution in [0, 0.1) is 6.92 Å². The molecule has 0 aliphatic rings. The van der Waals surface area contributed by atoms with Crippen molar-refractivity contribution < 1.29 is 14.7 Å². The van der Waals surface area contributed by atoms with Crippen LogP contribution in [0.4, 0.5) is 0 Å². The summed E-state index contributed by atoms with van der Waals surface area (Å²) in [7, 11) is 3.83. The number of carboxylic acid groups (broad SMARTS) is 1. The third-order valence-electron chi connectivity index (χ3n) is 2.39. The molecule has 0 saturated carbocycles. The molecule has 1 rings (SSSR count). The Labute approximate surface area is 106 Å². The third kappa shape index (κ3) is 3.81. The second kappa shape index (κ2) is 6.11. The van der Waals surface area contributed by atoms with Gasteiger partial charge in [-0.2, -0.15) is 0 Å². The van der Waals surface area contributed by atoms with Gasteiger partial charge in [0.15, 0.2) is 0 Å². The number of hydrogen-bond donors (Lipinski definition) is 2. The number of likely N-dealkylation sites (N-methyl/N-ethyl adjacent to an activating group) is 1. The van der Waals surface area contributed by atoms with Gasteiger partial charge in [0.2, 0.25) is 0 Å². The van der Waals surface area contributed by atoms with Crippen molar-refractivity contribution in [2.75, 3.05) is 27.2 Å². The highest BCUT2D eigenvalue weighted by Gasteiger charge is 2.12. The first-order chi connectivity index (χ1) is 8.41. The number of aromatic nitrogens is 1. The molecule has 0 saturated heterocycles. The zero-order chi connectivity index (χ0) is 13.7. The number of rotatable bonds is 5. The summed E-state index contributed by atoms with van der Waals surface area (Å²) >= 11 is 0. The smallest absolute Gasteiger partial charge is 0.337 e. The van der Waals surface area contributed by atoms with Gasteiger partial charge in [-0.05, 0) is 33.2 Å². The molecule has 0 unspecified atom stereocenters. The Hall–Kier alpha value is -1.95. The molecule has 0 fully saturated rings. The fraction of sp³-hybridized carbons (Fsp3) is 0.417. The summed E-state index contributed by atoms with van der Waals surface area (Å²) in [4.78, 5) is 28.5. The minimum atomic E-state index is -1.04. The summed E-state index contributed by atoms with van der Waals surface area (Å²) in [5, 5.41) is 11.6. The summed E-state index contributed by atoms with van der Waals surface area (Å²) in [5.74, 6) is -1.34. The van der Waals surface area contributed by atoms with E-state index in [0.29, 0.717) is 12.2 Å². The lowest BCUT2D eigenvalue weighted by molar-refractivity contribution is 0.0694. The first-order valence-corrected chi connectivity index (χ1v) is 5.55. The second-order valence-electron chi connectivity index (χ2n) is 4.19. The van der Waals surface area contributed by atoms with E-state index in [2.05, 4.69) is 10.3 Å². The maximum absolute atomic E-state index is 11.7. The number of amides is 1. The monoisotopic (exact) mass is 251 g/mol. The molecule has 6 nitrogen and oxygen atoms in total. The number of aromatic carboxylic acids is 1. The number of nitrogens with one attached hydrogen (secondary N) is 1. The molecule has 98 valence electrons. The molecule has 18 heavy (non-hydrogen) atoms. The van der Waals surface area contributed by atoms with Gasteiger partial charge in [-0.1, -0.05) is 0 Å². The Morgan fingerprint density at radius 3 is 2.56 bits per heavy atom. The van der Waals surface area contributed by atoms with Crippen molar-refractivity contribution in [1.29, 1.82) is 0 Å². The topological polar surface area (TPSA) is 82.5 Å². The lowest BCUT2D eigenvalue weighted by Crippen LogP contribution is -2.32. The predicted octanol–water partition coefficient (Wildman–Crippen LogP) is 0.380. The fourth-order valence-electron chi connectivity index (χ4n) is 1.40. The number of carbonyl (C=O) groups excluding carboxylic acids is 1. The molecular weight excluding hydrogens is 234 g/mol. The van der Waals surface area contributed by atoms with Crippen molar-refractivity contribution in [1.82, 2.24) is 15.2 Å². The van der Waals surface area contributed by atoms with E-state index >= 15 is 0 Å². The van der Waals surface area contributed by atoms with Crippen molar-refractivity contribution in [2.45, 2.75) is 6.92 Å². The summed E-state index contributed by atoms with van der Waals surface area (Å²) in [5.41, 5.74) is 0.679. The Bertz CT molecular complexity index is 458. The molecule has 0 radical (unpaired) electrons. The van der Waals surface area contributed by atoms with Crippen molar-refractivity contribution in [3.63, 3.8) is 0 Å². The molecule has 1 heterocycles. The van der Waals surface area contributed by atoms with Crippen LogP contribution in [0.25, 0.3) is 0 Å². The molecule has 6 heteroatoms. The fourth-order valence-corrected chi connectivity index (χ4v) is 1.40. The lowest BCUT2D eigenvalue weighted by atomic mass is 10.2. The summed E-state index contributed by atoms with van der Waals surface area (Å²) < 4.78 is 0. The Morgan fingerprint density at radius 1 is 1.39 bits per heavy atom. The molecule has 1 amide bonds. The van der Waals surface area contributed by atoms with E-state index in [1.165, 1.54) is 12.1 Å². The Balaban J connectivity index is 2.70. The van der Waals surface area contributed by atoms with Crippen molar-refractivity contribution in [2.24, 2.45) is 0 Å². The first-order valence-electron chi connectivity index (χ1n) is 5.55. The molecular formula is C12H17N3O3. The highest BCUT2D eigenvalue weighted by Crippen LogP contribution is 2.06. The van der Waals surface area contributed by atoms with Gasteiger partial charge in [-0.25, -0.2) is 9.78 Å². The van der Waals surface area contributed by atoms with Crippen LogP contribution in [-0.4, -0.2) is 54.1 Å². The molecule has 2 N–H and O–H groups in total. The molecule has 0 atom stereocenters. The van der Waals surface area contributed by atoms with Gasteiger partial charge in [0.05, 0.1) is 11.3 Å². The van der Waals surface area contributed by atoms with Gasteiger partial charge in [0, 0.05) is 13.1 Å². The number of nitrogens with zero attached hydrogens (tertiary/aromatic N) is 2. The van der Waals surface area contributed by atoms with E-state index in [4.69, 9.17) is 5.11 Å². The van der Waals surface area contributed by atoms with E-state index in [-0.39, 0.29) is 17.2 Å². The van der Waals surface area contributed by atoms with E-state index in [0.717, 1.165) is 6.54 Å². The number of carboxylic acids is 1. The highest BCUT2D eigenvalue weighted by atomic mass is 16.4. The van der Waals surface area contributed by atoms with Gasteiger partial charge in [0.1, 0.15) is 5.69 Å². The number of aryl methyl sites for hydroxylation is 1. The zero-order valence-corrected chi connectivity index (χ0v) is 10.7. The molecule has 0 aliphatic carbocycles. The minimum Gasteiger partial charge on any atom is -0.478 e. The molecule has 0 aromatic carbocycles. The molecule has 0 aliphatic heterocycles. The van der Waals surface area contributed by atoms with Gasteiger partial charge in [-0.3, -0.25) is 4.79 Å².